The molecule has 0 spiro atoms. The first-order valence-corrected chi connectivity index (χ1v) is 4.37. The van der Waals surface area contributed by atoms with Crippen molar-refractivity contribution >= 4 is 5.82 Å². The smallest absolute Gasteiger partial charge is 0.125 e. The number of pyridine rings is 1. The molecule has 0 saturated carbocycles. The van der Waals surface area contributed by atoms with Crippen LogP contribution in [0, 0.1) is 17.8 Å². The molecule has 0 fully saturated rings. The highest BCUT2D eigenvalue weighted by Crippen LogP contribution is 2.02. The van der Waals surface area contributed by atoms with Crippen LogP contribution < -0.4 is 5.32 Å². The number of nitrogens with one attached hydrogen (secondary N) is 1. The maximum Gasteiger partial charge on any atom is 0.125 e. The van der Waals surface area contributed by atoms with Crippen LogP contribution in [-0.2, 0) is 0 Å². The van der Waals surface area contributed by atoms with Gasteiger partial charge in [0.25, 0.3) is 0 Å². The maximum atomic E-state index is 4.16. The van der Waals surface area contributed by atoms with Crippen molar-refractivity contribution in [2.75, 3.05) is 12.4 Å². The molecule has 1 aromatic rings. The number of rotatable bonds is 1. The third kappa shape index (κ3) is 3.16. The molecule has 0 aromatic carbocycles. The standard InChI is InChI=1S/C11H14N2/c1-9(2)4-5-10-6-7-11(12-3)13-8-10/h6-9H,1-3H3,(H,12,13). The Morgan fingerprint density at radius 3 is 2.62 bits per heavy atom. The predicted molar refractivity (Wildman–Crippen MR) is 55.5 cm³/mol. The molecule has 0 aliphatic heterocycles. The van der Waals surface area contributed by atoms with Crippen LogP contribution in [0.1, 0.15) is 19.4 Å². The van der Waals surface area contributed by atoms with E-state index in [9.17, 15) is 0 Å². The summed E-state index contributed by atoms with van der Waals surface area (Å²) >= 11 is 0. The number of nitrogens with zero attached hydrogens (tertiary/aromatic N) is 1. The van der Waals surface area contributed by atoms with Crippen molar-refractivity contribution in [2.45, 2.75) is 13.8 Å². The quantitative estimate of drug-likeness (QED) is 0.660. The van der Waals surface area contributed by atoms with E-state index >= 15 is 0 Å². The van der Waals surface area contributed by atoms with E-state index in [-0.39, 0.29) is 0 Å². The first-order valence-electron chi connectivity index (χ1n) is 4.37. The summed E-state index contributed by atoms with van der Waals surface area (Å²) in [5.41, 5.74) is 0.965. The van der Waals surface area contributed by atoms with Crippen LogP contribution in [0.5, 0.6) is 0 Å². The Hall–Kier alpha value is -1.49. The summed E-state index contributed by atoms with van der Waals surface area (Å²) in [6, 6.07) is 3.89. The summed E-state index contributed by atoms with van der Waals surface area (Å²) in [4.78, 5) is 4.16. The molecule has 0 amide bonds. The largest absolute Gasteiger partial charge is 0.373 e. The molecular formula is C11H14N2. The van der Waals surface area contributed by atoms with Gasteiger partial charge in [-0.25, -0.2) is 4.98 Å². The van der Waals surface area contributed by atoms with Crippen LogP contribution in [0.25, 0.3) is 0 Å². The minimum Gasteiger partial charge on any atom is -0.373 e. The second-order valence-electron chi connectivity index (χ2n) is 3.11. The zero-order chi connectivity index (χ0) is 9.68. The summed E-state index contributed by atoms with van der Waals surface area (Å²) in [6.07, 6.45) is 1.78. The molecule has 1 N–H and O–H groups in total. The summed E-state index contributed by atoms with van der Waals surface area (Å²) in [7, 11) is 1.85. The van der Waals surface area contributed by atoms with E-state index in [0.29, 0.717) is 5.92 Å². The van der Waals surface area contributed by atoms with Gasteiger partial charge in [0.05, 0.1) is 0 Å². The van der Waals surface area contributed by atoms with Gasteiger partial charge in [0.15, 0.2) is 0 Å². The van der Waals surface area contributed by atoms with Crippen molar-refractivity contribution in [3.05, 3.63) is 23.9 Å². The minimum absolute atomic E-state index is 0.406. The molecule has 1 aromatic heterocycles. The Labute approximate surface area is 79.4 Å². The molecule has 0 aliphatic rings. The molecule has 1 rings (SSSR count). The Balaban J connectivity index is 2.77. The third-order valence-electron chi connectivity index (χ3n) is 1.52. The monoisotopic (exact) mass is 174 g/mol. The molecule has 0 radical (unpaired) electrons. The van der Waals surface area contributed by atoms with Gasteiger partial charge in [0.1, 0.15) is 5.82 Å². The number of aromatic nitrogens is 1. The van der Waals surface area contributed by atoms with Crippen LogP contribution in [0.15, 0.2) is 18.3 Å². The SMILES string of the molecule is CNc1ccc(C#CC(C)C)cn1. The molecule has 0 bridgehead atoms. The lowest BCUT2D eigenvalue weighted by Crippen LogP contribution is -1.91. The highest BCUT2D eigenvalue weighted by molar-refractivity contribution is 5.40. The van der Waals surface area contributed by atoms with Gasteiger partial charge in [0.2, 0.25) is 0 Å². The zero-order valence-corrected chi connectivity index (χ0v) is 8.26. The second kappa shape index (κ2) is 4.51. The highest BCUT2D eigenvalue weighted by atomic mass is 14.9. The lowest BCUT2D eigenvalue weighted by Gasteiger charge is -1.96. The van der Waals surface area contributed by atoms with Gasteiger partial charge in [0, 0.05) is 24.7 Å². The average Bonchev–Trinajstić information content (AvgIpc) is 2.15. The minimum atomic E-state index is 0.406. The molecule has 68 valence electrons. The van der Waals surface area contributed by atoms with E-state index in [1.54, 1.807) is 6.20 Å². The van der Waals surface area contributed by atoms with E-state index in [2.05, 4.69) is 36.0 Å². The summed E-state index contributed by atoms with van der Waals surface area (Å²) in [5.74, 6) is 7.42. The second-order valence-corrected chi connectivity index (χ2v) is 3.11. The molecule has 0 saturated heterocycles. The fourth-order valence-electron chi connectivity index (χ4n) is 0.843. The van der Waals surface area contributed by atoms with Crippen molar-refractivity contribution < 1.29 is 0 Å². The molecule has 2 nitrogen and oxygen atoms in total. The van der Waals surface area contributed by atoms with Crippen molar-refractivity contribution in [1.82, 2.24) is 4.98 Å². The van der Waals surface area contributed by atoms with Crippen molar-refractivity contribution in [3.63, 3.8) is 0 Å². The Bertz CT molecular complexity index is 314. The topological polar surface area (TPSA) is 24.9 Å². The fourth-order valence-corrected chi connectivity index (χ4v) is 0.843. The predicted octanol–water partition coefficient (Wildman–Crippen LogP) is 2.13. The molecule has 0 unspecified atom stereocenters. The summed E-state index contributed by atoms with van der Waals surface area (Å²) < 4.78 is 0. The van der Waals surface area contributed by atoms with Crippen molar-refractivity contribution in [2.24, 2.45) is 5.92 Å². The van der Waals surface area contributed by atoms with Gasteiger partial charge in [-0.3, -0.25) is 0 Å². The lowest BCUT2D eigenvalue weighted by molar-refractivity contribution is 0.866. The van der Waals surface area contributed by atoms with E-state index in [4.69, 9.17) is 0 Å². The zero-order valence-electron chi connectivity index (χ0n) is 8.26. The third-order valence-corrected chi connectivity index (χ3v) is 1.52. The highest BCUT2D eigenvalue weighted by Gasteiger charge is 1.89. The van der Waals surface area contributed by atoms with E-state index in [0.717, 1.165) is 11.4 Å². The van der Waals surface area contributed by atoms with E-state index < -0.39 is 0 Å². The van der Waals surface area contributed by atoms with Gasteiger partial charge < -0.3 is 5.32 Å². The first kappa shape index (κ1) is 9.60. The van der Waals surface area contributed by atoms with Crippen LogP contribution in [0.2, 0.25) is 0 Å². The molecular weight excluding hydrogens is 160 g/mol. The van der Waals surface area contributed by atoms with Crippen LogP contribution in [0.4, 0.5) is 5.82 Å². The van der Waals surface area contributed by atoms with Gasteiger partial charge >= 0.3 is 0 Å². The molecule has 2 heteroatoms. The van der Waals surface area contributed by atoms with Gasteiger partial charge in [-0.05, 0) is 12.1 Å². The first-order chi connectivity index (χ1) is 6.22. The van der Waals surface area contributed by atoms with Crippen LogP contribution in [-0.4, -0.2) is 12.0 Å². The van der Waals surface area contributed by atoms with Gasteiger partial charge in [-0.1, -0.05) is 25.7 Å². The molecule has 0 atom stereocenters. The molecule has 0 aliphatic carbocycles. The van der Waals surface area contributed by atoms with Gasteiger partial charge in [-0.15, -0.1) is 0 Å². The fraction of sp³-hybridized carbons (Fsp3) is 0.364. The Kier molecular flexibility index (Phi) is 3.33. The normalized spacial score (nSPS) is 9.23. The van der Waals surface area contributed by atoms with Crippen LogP contribution in [0.3, 0.4) is 0 Å². The lowest BCUT2D eigenvalue weighted by atomic mass is 10.2. The van der Waals surface area contributed by atoms with E-state index in [1.165, 1.54) is 0 Å². The Morgan fingerprint density at radius 2 is 2.15 bits per heavy atom. The van der Waals surface area contributed by atoms with Crippen LogP contribution >= 0.6 is 0 Å². The maximum absolute atomic E-state index is 4.16. The number of anilines is 1. The molecule has 13 heavy (non-hydrogen) atoms. The van der Waals surface area contributed by atoms with Crippen molar-refractivity contribution in [1.29, 1.82) is 0 Å². The number of hydrogen-bond acceptors (Lipinski definition) is 2. The average molecular weight is 174 g/mol. The summed E-state index contributed by atoms with van der Waals surface area (Å²) in [5, 5.41) is 2.96. The van der Waals surface area contributed by atoms with Crippen molar-refractivity contribution in [3.8, 4) is 11.8 Å². The van der Waals surface area contributed by atoms with E-state index in [1.807, 2.05) is 19.2 Å². The van der Waals surface area contributed by atoms with Gasteiger partial charge in [-0.2, -0.15) is 0 Å². The summed E-state index contributed by atoms with van der Waals surface area (Å²) in [6.45, 7) is 4.14. The Morgan fingerprint density at radius 1 is 1.38 bits per heavy atom. The number of hydrogen-bond donors (Lipinski definition) is 1. The molecule has 1 heterocycles.